The van der Waals surface area contributed by atoms with Gasteiger partial charge in [-0.25, -0.2) is 0 Å². The van der Waals surface area contributed by atoms with Crippen molar-refractivity contribution in [3.8, 4) is 0 Å². The standard InChI is InChI=1S/C13H27NS/c1-4-12(3)15-10-9-14-13-8-6-5-7-11(13)2/h11-14H,4-10H2,1-3H3. The van der Waals surface area contributed by atoms with Crippen molar-refractivity contribution >= 4 is 11.8 Å². The van der Waals surface area contributed by atoms with Gasteiger partial charge in [-0.1, -0.05) is 33.6 Å². The van der Waals surface area contributed by atoms with E-state index in [2.05, 4.69) is 37.8 Å². The summed E-state index contributed by atoms with van der Waals surface area (Å²) in [4.78, 5) is 0. The summed E-state index contributed by atoms with van der Waals surface area (Å²) in [6, 6.07) is 0.802. The average molecular weight is 229 g/mol. The van der Waals surface area contributed by atoms with Crippen LogP contribution in [-0.2, 0) is 0 Å². The lowest BCUT2D eigenvalue weighted by Gasteiger charge is -2.29. The quantitative estimate of drug-likeness (QED) is 0.697. The molecule has 1 rings (SSSR count). The van der Waals surface area contributed by atoms with E-state index >= 15 is 0 Å². The van der Waals surface area contributed by atoms with Crippen LogP contribution in [0.3, 0.4) is 0 Å². The summed E-state index contributed by atoms with van der Waals surface area (Å²) < 4.78 is 0. The maximum absolute atomic E-state index is 3.73. The first kappa shape index (κ1) is 13.4. The van der Waals surface area contributed by atoms with E-state index in [1.54, 1.807) is 0 Å². The highest BCUT2D eigenvalue weighted by molar-refractivity contribution is 7.99. The molecule has 90 valence electrons. The van der Waals surface area contributed by atoms with Crippen LogP contribution in [0.2, 0.25) is 0 Å². The van der Waals surface area contributed by atoms with E-state index in [1.165, 1.54) is 44.4 Å². The van der Waals surface area contributed by atoms with Crippen LogP contribution in [0.5, 0.6) is 0 Å². The molecule has 0 aromatic rings. The van der Waals surface area contributed by atoms with Crippen molar-refractivity contribution in [2.75, 3.05) is 12.3 Å². The minimum absolute atomic E-state index is 0.802. The van der Waals surface area contributed by atoms with Gasteiger partial charge in [0.05, 0.1) is 0 Å². The average Bonchev–Trinajstić information content (AvgIpc) is 2.26. The topological polar surface area (TPSA) is 12.0 Å². The first-order valence-electron chi connectivity index (χ1n) is 6.59. The Kier molecular flexibility index (Phi) is 6.74. The maximum atomic E-state index is 3.73. The predicted molar refractivity (Wildman–Crippen MR) is 71.6 cm³/mol. The second kappa shape index (κ2) is 7.56. The molecule has 0 aliphatic heterocycles. The number of hydrogen-bond donors (Lipinski definition) is 1. The van der Waals surface area contributed by atoms with Gasteiger partial charge in [-0.2, -0.15) is 11.8 Å². The molecule has 1 aliphatic carbocycles. The summed E-state index contributed by atoms with van der Waals surface area (Å²) in [5.41, 5.74) is 0. The lowest BCUT2D eigenvalue weighted by atomic mass is 9.86. The molecule has 0 saturated heterocycles. The Morgan fingerprint density at radius 3 is 2.73 bits per heavy atom. The van der Waals surface area contributed by atoms with Gasteiger partial charge in [0.15, 0.2) is 0 Å². The number of nitrogens with one attached hydrogen (secondary N) is 1. The van der Waals surface area contributed by atoms with Crippen LogP contribution in [0.4, 0.5) is 0 Å². The number of hydrogen-bond acceptors (Lipinski definition) is 2. The number of rotatable bonds is 6. The maximum Gasteiger partial charge on any atom is 0.00930 e. The Morgan fingerprint density at radius 2 is 2.07 bits per heavy atom. The minimum atomic E-state index is 0.802. The van der Waals surface area contributed by atoms with Crippen LogP contribution >= 0.6 is 11.8 Å². The van der Waals surface area contributed by atoms with Crippen molar-refractivity contribution in [2.24, 2.45) is 5.92 Å². The van der Waals surface area contributed by atoms with E-state index in [0.717, 1.165) is 17.2 Å². The molecule has 0 bridgehead atoms. The second-order valence-electron chi connectivity index (χ2n) is 4.91. The molecule has 1 aliphatic rings. The van der Waals surface area contributed by atoms with E-state index in [-0.39, 0.29) is 0 Å². The Balaban J connectivity index is 2.03. The van der Waals surface area contributed by atoms with Crippen LogP contribution < -0.4 is 5.32 Å². The van der Waals surface area contributed by atoms with Crippen molar-refractivity contribution in [3.05, 3.63) is 0 Å². The van der Waals surface area contributed by atoms with Gasteiger partial charge in [-0.05, 0) is 25.2 Å². The smallest absolute Gasteiger partial charge is 0.00930 e. The zero-order chi connectivity index (χ0) is 11.1. The Labute approximate surface area is 99.8 Å². The Bertz CT molecular complexity index is 161. The molecule has 1 fully saturated rings. The summed E-state index contributed by atoms with van der Waals surface area (Å²) in [5.74, 6) is 2.17. The normalized spacial score (nSPS) is 29.0. The van der Waals surface area contributed by atoms with E-state index in [9.17, 15) is 0 Å². The van der Waals surface area contributed by atoms with Crippen molar-refractivity contribution in [1.82, 2.24) is 5.32 Å². The molecular weight excluding hydrogens is 202 g/mol. The van der Waals surface area contributed by atoms with Gasteiger partial charge in [0, 0.05) is 23.6 Å². The summed E-state index contributed by atoms with van der Waals surface area (Å²) in [7, 11) is 0. The van der Waals surface area contributed by atoms with Crippen LogP contribution in [0.25, 0.3) is 0 Å². The summed E-state index contributed by atoms with van der Waals surface area (Å²) >= 11 is 2.10. The zero-order valence-corrected chi connectivity index (χ0v) is 11.4. The molecule has 0 heterocycles. The first-order chi connectivity index (χ1) is 7.24. The van der Waals surface area contributed by atoms with E-state index in [1.807, 2.05) is 0 Å². The Morgan fingerprint density at radius 1 is 1.33 bits per heavy atom. The fraction of sp³-hybridized carbons (Fsp3) is 1.00. The Hall–Kier alpha value is 0.310. The molecular formula is C13H27NS. The molecule has 3 atom stereocenters. The van der Waals surface area contributed by atoms with Gasteiger partial charge in [0.25, 0.3) is 0 Å². The van der Waals surface area contributed by atoms with Gasteiger partial charge in [-0.3, -0.25) is 0 Å². The molecule has 0 spiro atoms. The molecule has 15 heavy (non-hydrogen) atoms. The molecule has 0 aromatic carbocycles. The van der Waals surface area contributed by atoms with Gasteiger partial charge in [0.2, 0.25) is 0 Å². The second-order valence-corrected chi connectivity index (χ2v) is 6.46. The van der Waals surface area contributed by atoms with E-state index < -0.39 is 0 Å². The summed E-state index contributed by atoms with van der Waals surface area (Å²) in [5, 5.41) is 4.56. The lowest BCUT2D eigenvalue weighted by Crippen LogP contribution is -2.38. The van der Waals surface area contributed by atoms with Crippen LogP contribution in [0.15, 0.2) is 0 Å². The highest BCUT2D eigenvalue weighted by Gasteiger charge is 2.19. The third-order valence-electron chi connectivity index (χ3n) is 3.60. The van der Waals surface area contributed by atoms with E-state index in [4.69, 9.17) is 0 Å². The summed E-state index contributed by atoms with van der Waals surface area (Å²) in [6.45, 7) is 8.20. The number of thioether (sulfide) groups is 1. The van der Waals surface area contributed by atoms with Crippen molar-refractivity contribution < 1.29 is 0 Å². The fourth-order valence-corrected chi connectivity index (χ4v) is 3.12. The monoisotopic (exact) mass is 229 g/mol. The third kappa shape index (κ3) is 5.26. The van der Waals surface area contributed by atoms with Crippen LogP contribution in [0.1, 0.15) is 52.9 Å². The zero-order valence-electron chi connectivity index (χ0n) is 10.6. The van der Waals surface area contributed by atoms with Crippen molar-refractivity contribution in [3.63, 3.8) is 0 Å². The fourth-order valence-electron chi connectivity index (χ4n) is 2.24. The highest BCUT2D eigenvalue weighted by Crippen LogP contribution is 2.23. The van der Waals surface area contributed by atoms with Gasteiger partial charge in [0.1, 0.15) is 0 Å². The van der Waals surface area contributed by atoms with Gasteiger partial charge < -0.3 is 5.32 Å². The summed E-state index contributed by atoms with van der Waals surface area (Å²) in [6.07, 6.45) is 7.00. The largest absolute Gasteiger partial charge is 0.313 e. The predicted octanol–water partition coefficient (Wildman–Crippen LogP) is 3.69. The van der Waals surface area contributed by atoms with E-state index in [0.29, 0.717) is 0 Å². The molecule has 0 amide bonds. The first-order valence-corrected chi connectivity index (χ1v) is 7.64. The molecule has 2 heteroatoms. The molecule has 1 N–H and O–H groups in total. The molecule has 0 aromatic heterocycles. The highest BCUT2D eigenvalue weighted by atomic mass is 32.2. The van der Waals surface area contributed by atoms with Crippen molar-refractivity contribution in [2.45, 2.75) is 64.2 Å². The molecule has 1 nitrogen and oxygen atoms in total. The third-order valence-corrected chi connectivity index (χ3v) is 4.94. The van der Waals surface area contributed by atoms with Gasteiger partial charge in [-0.15, -0.1) is 0 Å². The van der Waals surface area contributed by atoms with Crippen LogP contribution in [0, 0.1) is 5.92 Å². The minimum Gasteiger partial charge on any atom is -0.313 e. The van der Waals surface area contributed by atoms with Crippen molar-refractivity contribution in [1.29, 1.82) is 0 Å². The molecule has 1 saturated carbocycles. The van der Waals surface area contributed by atoms with Gasteiger partial charge >= 0.3 is 0 Å². The SMILES string of the molecule is CCC(C)SCCNC1CCCCC1C. The molecule has 0 radical (unpaired) electrons. The van der Waals surface area contributed by atoms with Crippen LogP contribution in [-0.4, -0.2) is 23.6 Å². The molecule has 3 unspecified atom stereocenters. The lowest BCUT2D eigenvalue weighted by molar-refractivity contribution is 0.285.